The average molecular weight is 375 g/mol. The molecule has 0 saturated heterocycles. The first kappa shape index (κ1) is 19.8. The fourth-order valence-corrected chi connectivity index (χ4v) is 2.03. The summed E-state index contributed by atoms with van der Waals surface area (Å²) >= 11 is 0. The molecule has 2 aromatic carbocycles. The van der Waals surface area contributed by atoms with Crippen LogP contribution in [0, 0.1) is 11.8 Å². The van der Waals surface area contributed by atoms with Crippen molar-refractivity contribution in [2.24, 2.45) is 0 Å². The zero-order chi connectivity index (χ0) is 19.9. The quantitative estimate of drug-likeness (QED) is 0.714. The number of hydrogen-bond acceptors (Lipinski definition) is 2. The van der Waals surface area contributed by atoms with Gasteiger partial charge in [0.1, 0.15) is 0 Å². The third-order valence-electron chi connectivity index (χ3n) is 3.25. The van der Waals surface area contributed by atoms with Crippen molar-refractivity contribution in [3.63, 3.8) is 0 Å². The Morgan fingerprint density at radius 1 is 0.926 bits per heavy atom. The summed E-state index contributed by atoms with van der Waals surface area (Å²) in [6.45, 7) is 1.47. The molecule has 0 spiro atoms. The van der Waals surface area contributed by atoms with Gasteiger partial charge in [-0.3, -0.25) is 4.79 Å². The van der Waals surface area contributed by atoms with Gasteiger partial charge in [0.25, 0.3) is 0 Å². The molecule has 3 amide bonds. The molecule has 2 aromatic rings. The first-order valence-electron chi connectivity index (χ1n) is 7.83. The molecule has 0 aliphatic carbocycles. The fraction of sp³-hybridized carbons (Fsp3) is 0.158. The van der Waals surface area contributed by atoms with Crippen LogP contribution in [-0.2, 0) is 11.0 Å². The van der Waals surface area contributed by atoms with Gasteiger partial charge in [0.15, 0.2) is 0 Å². The number of nitrogens with one attached hydrogen (secondary N) is 3. The number of hydrogen-bond donors (Lipinski definition) is 3. The molecule has 0 saturated carbocycles. The van der Waals surface area contributed by atoms with E-state index in [1.165, 1.54) is 19.1 Å². The molecule has 8 heteroatoms. The van der Waals surface area contributed by atoms with Crippen molar-refractivity contribution in [3.05, 3.63) is 59.7 Å². The van der Waals surface area contributed by atoms with Gasteiger partial charge in [0.05, 0.1) is 12.1 Å². The Hall–Kier alpha value is -3.47. The van der Waals surface area contributed by atoms with Crippen molar-refractivity contribution >= 4 is 23.3 Å². The summed E-state index contributed by atoms with van der Waals surface area (Å²) in [6, 6.07) is 10.4. The molecule has 0 atom stereocenters. The van der Waals surface area contributed by atoms with Crippen LogP contribution in [-0.4, -0.2) is 18.5 Å². The van der Waals surface area contributed by atoms with Crippen LogP contribution in [0.5, 0.6) is 0 Å². The van der Waals surface area contributed by atoms with E-state index in [2.05, 4.69) is 27.8 Å². The number of carbonyl (C=O) groups is 2. The predicted molar refractivity (Wildman–Crippen MR) is 96.1 cm³/mol. The molecule has 140 valence electrons. The van der Waals surface area contributed by atoms with E-state index in [0.717, 1.165) is 12.1 Å². The highest BCUT2D eigenvalue weighted by molar-refractivity contribution is 5.89. The van der Waals surface area contributed by atoms with Gasteiger partial charge in [0, 0.05) is 23.9 Å². The van der Waals surface area contributed by atoms with Crippen molar-refractivity contribution in [2.45, 2.75) is 13.1 Å². The van der Waals surface area contributed by atoms with Crippen LogP contribution < -0.4 is 16.0 Å². The van der Waals surface area contributed by atoms with E-state index in [1.54, 1.807) is 24.3 Å². The summed E-state index contributed by atoms with van der Waals surface area (Å²) in [7, 11) is 0. The molecule has 0 bridgehead atoms. The van der Waals surface area contributed by atoms with Gasteiger partial charge in [0.2, 0.25) is 5.91 Å². The first-order valence-corrected chi connectivity index (χ1v) is 7.83. The maximum atomic E-state index is 12.5. The highest BCUT2D eigenvalue weighted by atomic mass is 19.4. The van der Waals surface area contributed by atoms with Crippen molar-refractivity contribution in [1.82, 2.24) is 5.32 Å². The average Bonchev–Trinajstić information content (AvgIpc) is 2.59. The standard InChI is InChI=1S/C19H16F3N3O2/c1-13(26)24-16-8-4-14(5-9-16)3-2-12-23-18(27)25-17-10-6-15(7-11-17)19(20,21)22/h4-11H,12H2,1H3,(H,24,26)(H2,23,25,27). The van der Waals surface area contributed by atoms with Crippen LogP contribution in [0.25, 0.3) is 0 Å². The van der Waals surface area contributed by atoms with E-state index in [1.807, 2.05) is 0 Å². The molecule has 2 rings (SSSR count). The molecule has 0 radical (unpaired) electrons. The molecule has 0 heterocycles. The van der Waals surface area contributed by atoms with E-state index in [4.69, 9.17) is 0 Å². The lowest BCUT2D eigenvalue weighted by atomic mass is 10.2. The Kier molecular flexibility index (Phi) is 6.44. The van der Waals surface area contributed by atoms with Crippen LogP contribution in [0.1, 0.15) is 18.1 Å². The number of urea groups is 1. The normalized spacial score (nSPS) is 10.4. The van der Waals surface area contributed by atoms with Gasteiger partial charge < -0.3 is 16.0 Å². The Balaban J connectivity index is 1.81. The van der Waals surface area contributed by atoms with Crippen molar-refractivity contribution in [1.29, 1.82) is 0 Å². The topological polar surface area (TPSA) is 70.2 Å². The van der Waals surface area contributed by atoms with Crippen LogP contribution in [0.2, 0.25) is 0 Å². The summed E-state index contributed by atoms with van der Waals surface area (Å²) in [4.78, 5) is 22.6. The molecule has 0 aliphatic heterocycles. The van der Waals surface area contributed by atoms with Crippen molar-refractivity contribution in [3.8, 4) is 11.8 Å². The molecular formula is C19H16F3N3O2. The number of amides is 3. The number of anilines is 2. The van der Waals surface area contributed by atoms with Gasteiger partial charge in [-0.2, -0.15) is 13.2 Å². The highest BCUT2D eigenvalue weighted by Gasteiger charge is 2.29. The maximum absolute atomic E-state index is 12.5. The summed E-state index contributed by atoms with van der Waals surface area (Å²) in [5.74, 6) is 5.42. The molecular weight excluding hydrogens is 359 g/mol. The third kappa shape index (κ3) is 6.74. The lowest BCUT2D eigenvalue weighted by Gasteiger charge is -2.08. The molecule has 0 aromatic heterocycles. The Labute approximate surface area is 154 Å². The predicted octanol–water partition coefficient (Wildman–Crippen LogP) is 3.84. The van der Waals surface area contributed by atoms with Crippen molar-refractivity contribution < 1.29 is 22.8 Å². The lowest BCUT2D eigenvalue weighted by Crippen LogP contribution is -2.28. The monoisotopic (exact) mass is 375 g/mol. The summed E-state index contributed by atoms with van der Waals surface area (Å²) in [6.07, 6.45) is -4.42. The van der Waals surface area contributed by atoms with Crippen LogP contribution in [0.3, 0.4) is 0 Å². The smallest absolute Gasteiger partial charge is 0.327 e. The fourth-order valence-electron chi connectivity index (χ4n) is 2.03. The van der Waals surface area contributed by atoms with E-state index in [0.29, 0.717) is 11.3 Å². The number of alkyl halides is 3. The van der Waals surface area contributed by atoms with Crippen LogP contribution in [0.4, 0.5) is 29.3 Å². The van der Waals surface area contributed by atoms with Crippen LogP contribution >= 0.6 is 0 Å². The number of halogens is 3. The summed E-state index contributed by atoms with van der Waals surface area (Å²) in [5.41, 5.74) is 0.807. The number of rotatable bonds is 3. The molecule has 27 heavy (non-hydrogen) atoms. The molecule has 0 fully saturated rings. The Bertz CT molecular complexity index is 864. The molecule has 3 N–H and O–H groups in total. The SMILES string of the molecule is CC(=O)Nc1ccc(C#CCNC(=O)Nc2ccc(C(F)(F)F)cc2)cc1. The minimum absolute atomic E-state index is 0.0555. The van der Waals surface area contributed by atoms with Gasteiger partial charge in [-0.1, -0.05) is 11.8 Å². The Morgan fingerprint density at radius 2 is 1.48 bits per heavy atom. The van der Waals surface area contributed by atoms with E-state index in [-0.39, 0.29) is 18.1 Å². The van der Waals surface area contributed by atoms with Crippen LogP contribution in [0.15, 0.2) is 48.5 Å². The third-order valence-corrected chi connectivity index (χ3v) is 3.25. The second-order valence-corrected chi connectivity index (χ2v) is 5.44. The Morgan fingerprint density at radius 3 is 2.04 bits per heavy atom. The van der Waals surface area contributed by atoms with E-state index < -0.39 is 17.8 Å². The minimum atomic E-state index is -4.42. The van der Waals surface area contributed by atoms with Gasteiger partial charge in [-0.05, 0) is 48.5 Å². The van der Waals surface area contributed by atoms with E-state index >= 15 is 0 Å². The zero-order valence-corrected chi connectivity index (χ0v) is 14.3. The lowest BCUT2D eigenvalue weighted by molar-refractivity contribution is -0.137. The second kappa shape index (κ2) is 8.76. The maximum Gasteiger partial charge on any atom is 0.416 e. The van der Waals surface area contributed by atoms with Crippen molar-refractivity contribution in [2.75, 3.05) is 17.2 Å². The molecule has 0 unspecified atom stereocenters. The van der Waals surface area contributed by atoms with Gasteiger partial charge >= 0.3 is 12.2 Å². The van der Waals surface area contributed by atoms with Gasteiger partial charge in [-0.15, -0.1) is 0 Å². The molecule has 0 aliphatic rings. The van der Waals surface area contributed by atoms with E-state index in [9.17, 15) is 22.8 Å². The largest absolute Gasteiger partial charge is 0.416 e. The summed E-state index contributed by atoms with van der Waals surface area (Å²) < 4.78 is 37.4. The highest BCUT2D eigenvalue weighted by Crippen LogP contribution is 2.29. The number of carbonyl (C=O) groups excluding carboxylic acids is 2. The minimum Gasteiger partial charge on any atom is -0.327 e. The first-order chi connectivity index (χ1) is 12.7. The summed E-state index contributed by atoms with van der Waals surface area (Å²) in [5, 5.41) is 7.53. The number of benzene rings is 2. The zero-order valence-electron chi connectivity index (χ0n) is 14.3. The van der Waals surface area contributed by atoms with Gasteiger partial charge in [-0.25, -0.2) is 4.79 Å². The molecule has 5 nitrogen and oxygen atoms in total. The second-order valence-electron chi connectivity index (χ2n) is 5.44.